The van der Waals surface area contributed by atoms with Crippen molar-refractivity contribution in [3.63, 3.8) is 0 Å². The number of nitrogens with one attached hydrogen (secondary N) is 1. The van der Waals surface area contributed by atoms with Gasteiger partial charge in [-0.15, -0.1) is 5.92 Å². The maximum absolute atomic E-state index is 10.9. The molecule has 0 heterocycles. The summed E-state index contributed by atoms with van der Waals surface area (Å²) >= 11 is 0. The first-order valence-corrected chi connectivity index (χ1v) is 7.73. The summed E-state index contributed by atoms with van der Waals surface area (Å²) in [5.41, 5.74) is 3.05. The van der Waals surface area contributed by atoms with E-state index < -0.39 is 5.97 Å². The molecule has 0 saturated heterocycles. The first kappa shape index (κ1) is 17.4. The summed E-state index contributed by atoms with van der Waals surface area (Å²) in [7, 11) is 1.65. The van der Waals surface area contributed by atoms with E-state index in [0.717, 1.165) is 22.6 Å². The number of anilines is 1. The molecule has 124 valence electrons. The molecule has 0 aromatic heterocycles. The highest BCUT2D eigenvalue weighted by atomic mass is 16.5. The van der Waals surface area contributed by atoms with Gasteiger partial charge in [-0.1, -0.05) is 30.2 Å². The van der Waals surface area contributed by atoms with Gasteiger partial charge < -0.3 is 15.2 Å². The highest BCUT2D eigenvalue weighted by molar-refractivity contribution is 5.69. The number of aliphatic carboxylic acids is 1. The number of carboxylic acid groups (broad SMARTS) is 1. The average molecular weight is 323 g/mol. The zero-order chi connectivity index (χ0) is 17.4. The minimum Gasteiger partial charge on any atom is -0.497 e. The third kappa shape index (κ3) is 5.06. The van der Waals surface area contributed by atoms with E-state index >= 15 is 0 Å². The third-order valence-electron chi connectivity index (χ3n) is 3.67. The van der Waals surface area contributed by atoms with Crippen LogP contribution < -0.4 is 10.1 Å². The molecule has 0 aliphatic heterocycles. The van der Waals surface area contributed by atoms with E-state index in [-0.39, 0.29) is 12.3 Å². The fraction of sp³-hybridized carbons (Fsp3) is 0.250. The molecule has 0 fully saturated rings. The van der Waals surface area contributed by atoms with Crippen molar-refractivity contribution in [3.05, 3.63) is 59.7 Å². The van der Waals surface area contributed by atoms with E-state index in [1.54, 1.807) is 14.0 Å². The van der Waals surface area contributed by atoms with Gasteiger partial charge in [0.2, 0.25) is 0 Å². The van der Waals surface area contributed by atoms with Crippen molar-refractivity contribution >= 4 is 11.7 Å². The van der Waals surface area contributed by atoms with Gasteiger partial charge >= 0.3 is 5.97 Å². The van der Waals surface area contributed by atoms with Crippen molar-refractivity contribution in [2.45, 2.75) is 25.8 Å². The second-order valence-electron chi connectivity index (χ2n) is 5.37. The molecular formula is C20H21NO3. The monoisotopic (exact) mass is 323 g/mol. The lowest BCUT2D eigenvalue weighted by molar-refractivity contribution is -0.137. The van der Waals surface area contributed by atoms with Crippen LogP contribution in [0, 0.1) is 11.8 Å². The lowest BCUT2D eigenvalue weighted by Crippen LogP contribution is -2.05. The third-order valence-corrected chi connectivity index (χ3v) is 3.67. The Morgan fingerprint density at radius 3 is 2.38 bits per heavy atom. The molecule has 0 bridgehead atoms. The Kier molecular flexibility index (Phi) is 6.27. The standard InChI is InChI=1S/C20H21NO3/c1-3-4-17(13-20(22)23)16-7-9-18(10-8-16)21-14-15-5-11-19(24-2)12-6-15/h5-12,17,21H,13-14H2,1-2H3,(H,22,23)/t17-/m0/s1. The topological polar surface area (TPSA) is 58.6 Å². The maximum Gasteiger partial charge on any atom is 0.304 e. The largest absolute Gasteiger partial charge is 0.497 e. The van der Waals surface area contributed by atoms with Crippen LogP contribution in [0.3, 0.4) is 0 Å². The second kappa shape index (κ2) is 8.64. The van der Waals surface area contributed by atoms with Crippen LogP contribution in [-0.2, 0) is 11.3 Å². The number of carboxylic acids is 1. The summed E-state index contributed by atoms with van der Waals surface area (Å²) in [5, 5.41) is 12.3. The minimum absolute atomic E-state index is 0.0134. The van der Waals surface area contributed by atoms with Gasteiger partial charge in [0, 0.05) is 12.2 Å². The van der Waals surface area contributed by atoms with Crippen LogP contribution in [0.1, 0.15) is 30.4 Å². The van der Waals surface area contributed by atoms with E-state index in [2.05, 4.69) is 17.2 Å². The van der Waals surface area contributed by atoms with Gasteiger partial charge in [0.05, 0.1) is 19.4 Å². The SMILES string of the molecule is CC#C[C@@H](CC(=O)O)c1ccc(NCc2ccc(OC)cc2)cc1. The molecule has 0 aliphatic rings. The van der Waals surface area contributed by atoms with Crippen LogP contribution in [0.4, 0.5) is 5.69 Å². The predicted octanol–water partition coefficient (Wildman–Crippen LogP) is 3.89. The normalized spacial score (nSPS) is 11.1. The smallest absolute Gasteiger partial charge is 0.304 e. The number of ether oxygens (including phenoxy) is 1. The molecule has 0 radical (unpaired) electrons. The quantitative estimate of drug-likeness (QED) is 0.759. The van der Waals surface area contributed by atoms with Gasteiger partial charge in [0.15, 0.2) is 0 Å². The zero-order valence-electron chi connectivity index (χ0n) is 13.9. The maximum atomic E-state index is 10.9. The van der Waals surface area contributed by atoms with Crippen LogP contribution in [0.25, 0.3) is 0 Å². The van der Waals surface area contributed by atoms with Crippen molar-refractivity contribution < 1.29 is 14.6 Å². The van der Waals surface area contributed by atoms with E-state index in [4.69, 9.17) is 9.84 Å². The summed E-state index contributed by atoms with van der Waals surface area (Å²) in [6.07, 6.45) is 0.0134. The summed E-state index contributed by atoms with van der Waals surface area (Å²) in [4.78, 5) is 10.9. The Labute approximate surface area is 142 Å². The lowest BCUT2D eigenvalue weighted by Gasteiger charge is -2.11. The molecule has 0 unspecified atom stereocenters. The first-order valence-electron chi connectivity index (χ1n) is 7.73. The molecular weight excluding hydrogens is 302 g/mol. The van der Waals surface area contributed by atoms with Gasteiger partial charge in [-0.3, -0.25) is 4.79 Å². The molecule has 0 saturated carbocycles. The van der Waals surface area contributed by atoms with E-state index in [1.807, 2.05) is 48.5 Å². The van der Waals surface area contributed by atoms with Gasteiger partial charge in [-0.25, -0.2) is 0 Å². The van der Waals surface area contributed by atoms with Crippen molar-refractivity contribution in [1.29, 1.82) is 0 Å². The Balaban J connectivity index is 1.99. The summed E-state index contributed by atoms with van der Waals surface area (Å²) < 4.78 is 5.14. The van der Waals surface area contributed by atoms with Gasteiger partial charge in [0.1, 0.15) is 5.75 Å². The fourth-order valence-electron chi connectivity index (χ4n) is 2.38. The second-order valence-corrected chi connectivity index (χ2v) is 5.37. The highest BCUT2D eigenvalue weighted by Gasteiger charge is 2.12. The van der Waals surface area contributed by atoms with Crippen LogP contribution in [0.5, 0.6) is 5.75 Å². The Bertz CT molecular complexity index is 724. The first-order chi connectivity index (χ1) is 11.6. The van der Waals surface area contributed by atoms with Crippen LogP contribution in [0.15, 0.2) is 48.5 Å². The molecule has 24 heavy (non-hydrogen) atoms. The molecule has 0 aliphatic carbocycles. The molecule has 2 rings (SSSR count). The molecule has 4 heteroatoms. The molecule has 1 atom stereocenters. The van der Waals surface area contributed by atoms with Crippen molar-refractivity contribution in [2.75, 3.05) is 12.4 Å². The van der Waals surface area contributed by atoms with Crippen LogP contribution in [-0.4, -0.2) is 18.2 Å². The summed E-state index contributed by atoms with van der Waals surface area (Å²) in [5.74, 6) is 5.48. The number of rotatable bonds is 7. The molecule has 2 aromatic rings. The number of methoxy groups -OCH3 is 1. The van der Waals surface area contributed by atoms with Crippen molar-refractivity contribution in [1.82, 2.24) is 0 Å². The zero-order valence-corrected chi connectivity index (χ0v) is 13.9. The Morgan fingerprint density at radius 1 is 1.17 bits per heavy atom. The Morgan fingerprint density at radius 2 is 1.83 bits per heavy atom. The summed E-state index contributed by atoms with van der Waals surface area (Å²) in [6, 6.07) is 15.6. The molecule has 2 aromatic carbocycles. The van der Waals surface area contributed by atoms with Gasteiger partial charge in [-0.2, -0.15) is 0 Å². The lowest BCUT2D eigenvalue weighted by atomic mass is 9.96. The van der Waals surface area contributed by atoms with Crippen LogP contribution >= 0.6 is 0 Å². The van der Waals surface area contributed by atoms with E-state index in [9.17, 15) is 4.79 Å². The van der Waals surface area contributed by atoms with Gasteiger partial charge in [-0.05, 0) is 42.3 Å². The Hall–Kier alpha value is -2.93. The van der Waals surface area contributed by atoms with E-state index in [0.29, 0.717) is 6.54 Å². The number of hydrogen-bond donors (Lipinski definition) is 2. The number of hydrogen-bond acceptors (Lipinski definition) is 3. The van der Waals surface area contributed by atoms with Crippen molar-refractivity contribution in [3.8, 4) is 17.6 Å². The van der Waals surface area contributed by atoms with E-state index in [1.165, 1.54) is 0 Å². The predicted molar refractivity (Wildman–Crippen MR) is 95.2 cm³/mol. The number of benzene rings is 2. The average Bonchev–Trinajstić information content (AvgIpc) is 2.60. The molecule has 0 amide bonds. The number of carbonyl (C=O) groups is 1. The highest BCUT2D eigenvalue weighted by Crippen LogP contribution is 2.21. The van der Waals surface area contributed by atoms with Gasteiger partial charge in [0.25, 0.3) is 0 Å². The minimum atomic E-state index is -0.843. The summed E-state index contributed by atoms with van der Waals surface area (Å²) in [6.45, 7) is 2.43. The fourth-order valence-corrected chi connectivity index (χ4v) is 2.38. The molecule has 0 spiro atoms. The molecule has 2 N–H and O–H groups in total. The van der Waals surface area contributed by atoms with Crippen LogP contribution in [0.2, 0.25) is 0 Å². The van der Waals surface area contributed by atoms with Crippen molar-refractivity contribution in [2.24, 2.45) is 0 Å². The molecule has 4 nitrogen and oxygen atoms in total.